The molecule has 0 bridgehead atoms. The second-order valence-corrected chi connectivity index (χ2v) is 3.67. The van der Waals surface area contributed by atoms with Gasteiger partial charge in [-0.15, -0.1) is 5.10 Å². The molecule has 0 aliphatic carbocycles. The summed E-state index contributed by atoms with van der Waals surface area (Å²) in [6.45, 7) is 0.820. The third-order valence-electron chi connectivity index (χ3n) is 2.60. The molecule has 78 valence electrons. The van der Waals surface area contributed by atoms with E-state index in [1.165, 1.54) is 0 Å². The molecule has 1 saturated heterocycles. The van der Waals surface area contributed by atoms with Gasteiger partial charge in [0.05, 0.1) is 24.1 Å². The van der Waals surface area contributed by atoms with Gasteiger partial charge in [0.2, 0.25) is 0 Å². The van der Waals surface area contributed by atoms with Gasteiger partial charge in [-0.3, -0.25) is 0 Å². The van der Waals surface area contributed by atoms with Crippen molar-refractivity contribution in [2.75, 3.05) is 6.61 Å². The number of aryl methyl sites for hydroxylation is 1. The Bertz CT molecular complexity index is 294. The molecule has 5 nitrogen and oxygen atoms in total. The van der Waals surface area contributed by atoms with Gasteiger partial charge in [0.25, 0.3) is 0 Å². The Hall–Kier alpha value is -0.940. The summed E-state index contributed by atoms with van der Waals surface area (Å²) in [6, 6.07) is 0. The first-order valence-corrected chi connectivity index (χ1v) is 4.91. The quantitative estimate of drug-likeness (QED) is 0.762. The molecule has 14 heavy (non-hydrogen) atoms. The van der Waals surface area contributed by atoms with Crippen molar-refractivity contribution in [1.82, 2.24) is 15.0 Å². The van der Waals surface area contributed by atoms with Crippen LogP contribution in [0, 0.1) is 0 Å². The molecule has 2 atom stereocenters. The Kier molecular flexibility index (Phi) is 2.79. The van der Waals surface area contributed by atoms with E-state index in [1.54, 1.807) is 17.9 Å². The van der Waals surface area contributed by atoms with E-state index >= 15 is 0 Å². The monoisotopic (exact) mass is 197 g/mol. The maximum absolute atomic E-state index is 9.87. The third kappa shape index (κ3) is 1.93. The van der Waals surface area contributed by atoms with Gasteiger partial charge in [-0.25, -0.2) is 4.68 Å². The van der Waals surface area contributed by atoms with E-state index in [1.807, 2.05) is 0 Å². The van der Waals surface area contributed by atoms with Gasteiger partial charge in [0, 0.05) is 20.1 Å². The Balaban J connectivity index is 1.95. The summed E-state index contributed by atoms with van der Waals surface area (Å²) in [5, 5.41) is 17.4. The van der Waals surface area contributed by atoms with E-state index in [-0.39, 0.29) is 6.10 Å². The molecule has 2 rings (SSSR count). The lowest BCUT2D eigenvalue weighted by molar-refractivity contribution is 0.0505. The second kappa shape index (κ2) is 4.06. The molecule has 1 aliphatic heterocycles. The number of aliphatic hydroxyl groups excluding tert-OH is 1. The van der Waals surface area contributed by atoms with Crippen LogP contribution in [0.5, 0.6) is 0 Å². The van der Waals surface area contributed by atoms with Crippen LogP contribution in [-0.2, 0) is 11.8 Å². The summed E-state index contributed by atoms with van der Waals surface area (Å²) in [5.74, 6) is 0. The average Bonchev–Trinajstić information content (AvgIpc) is 2.75. The van der Waals surface area contributed by atoms with Crippen molar-refractivity contribution >= 4 is 0 Å². The van der Waals surface area contributed by atoms with Gasteiger partial charge in [0.1, 0.15) is 0 Å². The Labute approximate surface area is 82.7 Å². The zero-order valence-corrected chi connectivity index (χ0v) is 8.26. The van der Waals surface area contributed by atoms with E-state index in [0.29, 0.717) is 6.42 Å². The van der Waals surface area contributed by atoms with E-state index in [4.69, 9.17) is 4.74 Å². The smallest absolute Gasteiger partial charge is 0.0997 e. The normalized spacial score (nSPS) is 24.0. The van der Waals surface area contributed by atoms with Gasteiger partial charge in [-0.05, 0) is 12.8 Å². The van der Waals surface area contributed by atoms with Gasteiger partial charge >= 0.3 is 0 Å². The highest BCUT2D eigenvalue weighted by Crippen LogP contribution is 2.23. The largest absolute Gasteiger partial charge is 0.387 e. The predicted octanol–water partition coefficient (Wildman–Crippen LogP) is 0.418. The topological polar surface area (TPSA) is 60.2 Å². The fourth-order valence-electron chi connectivity index (χ4n) is 1.80. The maximum Gasteiger partial charge on any atom is 0.0997 e. The molecule has 1 aromatic heterocycles. The molecule has 2 unspecified atom stereocenters. The van der Waals surface area contributed by atoms with Gasteiger partial charge in [-0.2, -0.15) is 0 Å². The summed E-state index contributed by atoms with van der Waals surface area (Å²) < 4.78 is 7.05. The summed E-state index contributed by atoms with van der Waals surface area (Å²) in [7, 11) is 1.78. The molecular weight excluding hydrogens is 182 g/mol. The fraction of sp³-hybridized carbons (Fsp3) is 0.778. The lowest BCUT2D eigenvalue weighted by atomic mass is 10.1. The fourth-order valence-corrected chi connectivity index (χ4v) is 1.80. The number of nitrogens with zero attached hydrogens (tertiary/aromatic N) is 3. The highest BCUT2D eigenvalue weighted by Gasteiger charge is 2.22. The Morgan fingerprint density at radius 3 is 3.21 bits per heavy atom. The van der Waals surface area contributed by atoms with E-state index in [0.717, 1.165) is 25.1 Å². The summed E-state index contributed by atoms with van der Waals surface area (Å²) >= 11 is 0. The maximum atomic E-state index is 9.87. The molecule has 5 heteroatoms. The van der Waals surface area contributed by atoms with Gasteiger partial charge < -0.3 is 9.84 Å². The molecule has 2 heterocycles. The third-order valence-corrected chi connectivity index (χ3v) is 2.60. The van der Waals surface area contributed by atoms with Crippen molar-refractivity contribution in [3.63, 3.8) is 0 Å². The molecule has 0 saturated carbocycles. The molecule has 0 spiro atoms. The van der Waals surface area contributed by atoms with Crippen LogP contribution in [0.3, 0.4) is 0 Å². The number of ether oxygens (including phenoxy) is 1. The number of rotatable bonds is 3. The minimum absolute atomic E-state index is 0.194. The van der Waals surface area contributed by atoms with Crippen molar-refractivity contribution in [2.24, 2.45) is 7.05 Å². The summed E-state index contributed by atoms with van der Waals surface area (Å²) in [6.07, 6.45) is 4.06. The van der Waals surface area contributed by atoms with Crippen molar-refractivity contribution in [3.05, 3.63) is 11.9 Å². The average molecular weight is 197 g/mol. The van der Waals surface area contributed by atoms with E-state index in [2.05, 4.69) is 10.3 Å². The van der Waals surface area contributed by atoms with Gasteiger partial charge in [-0.1, -0.05) is 5.21 Å². The van der Waals surface area contributed by atoms with Gasteiger partial charge in [0.15, 0.2) is 0 Å². The minimum atomic E-state index is -0.516. The molecule has 0 aromatic carbocycles. The first-order chi connectivity index (χ1) is 6.77. The second-order valence-electron chi connectivity index (χ2n) is 3.67. The highest BCUT2D eigenvalue weighted by molar-refractivity contribution is 4.98. The van der Waals surface area contributed by atoms with Crippen LogP contribution in [-0.4, -0.2) is 32.8 Å². The van der Waals surface area contributed by atoms with Crippen LogP contribution in [0.2, 0.25) is 0 Å². The van der Waals surface area contributed by atoms with E-state index in [9.17, 15) is 5.11 Å². The first kappa shape index (κ1) is 9.61. The van der Waals surface area contributed by atoms with Crippen molar-refractivity contribution in [3.8, 4) is 0 Å². The summed E-state index contributed by atoms with van der Waals surface area (Å²) in [4.78, 5) is 0. The van der Waals surface area contributed by atoms with Crippen LogP contribution in [0.15, 0.2) is 6.20 Å². The first-order valence-electron chi connectivity index (χ1n) is 4.91. The Morgan fingerprint density at radius 1 is 1.79 bits per heavy atom. The molecule has 1 aromatic rings. The Morgan fingerprint density at radius 2 is 2.64 bits per heavy atom. The number of aromatic nitrogens is 3. The SMILES string of the molecule is Cn1nncc1C(O)CC1CCCO1. The summed E-state index contributed by atoms with van der Waals surface area (Å²) in [5.41, 5.74) is 0.750. The molecule has 0 radical (unpaired) electrons. The van der Waals surface area contributed by atoms with Crippen LogP contribution < -0.4 is 0 Å². The standard InChI is InChI=1S/C9H15N3O2/c1-12-8(6-10-11-12)9(13)5-7-3-2-4-14-7/h6-7,9,13H,2-5H2,1H3. The van der Waals surface area contributed by atoms with Crippen molar-refractivity contribution < 1.29 is 9.84 Å². The molecule has 1 aliphatic rings. The predicted molar refractivity (Wildman–Crippen MR) is 49.6 cm³/mol. The van der Waals surface area contributed by atoms with Crippen molar-refractivity contribution in [1.29, 1.82) is 0 Å². The molecule has 1 fully saturated rings. The van der Waals surface area contributed by atoms with Crippen LogP contribution >= 0.6 is 0 Å². The van der Waals surface area contributed by atoms with Crippen LogP contribution in [0.1, 0.15) is 31.1 Å². The minimum Gasteiger partial charge on any atom is -0.387 e. The number of aliphatic hydroxyl groups is 1. The zero-order chi connectivity index (χ0) is 9.97. The number of hydrogen-bond donors (Lipinski definition) is 1. The van der Waals surface area contributed by atoms with E-state index < -0.39 is 6.10 Å². The molecular formula is C9H15N3O2. The molecule has 0 amide bonds. The lowest BCUT2D eigenvalue weighted by Gasteiger charge is -2.14. The number of hydrogen-bond acceptors (Lipinski definition) is 4. The van der Waals surface area contributed by atoms with Crippen LogP contribution in [0.4, 0.5) is 0 Å². The van der Waals surface area contributed by atoms with Crippen LogP contribution in [0.25, 0.3) is 0 Å². The molecule has 1 N–H and O–H groups in total. The zero-order valence-electron chi connectivity index (χ0n) is 8.26. The van der Waals surface area contributed by atoms with Crippen molar-refractivity contribution in [2.45, 2.75) is 31.5 Å². The highest BCUT2D eigenvalue weighted by atomic mass is 16.5. The lowest BCUT2D eigenvalue weighted by Crippen LogP contribution is -2.13.